The van der Waals surface area contributed by atoms with Crippen LogP contribution in [0.2, 0.25) is 0 Å². The molecular formula is C45H28N8. The highest BCUT2D eigenvalue weighted by molar-refractivity contribution is 6.23. The molecule has 1 N–H and O–H groups in total. The van der Waals surface area contributed by atoms with E-state index in [9.17, 15) is 0 Å². The summed E-state index contributed by atoms with van der Waals surface area (Å²) >= 11 is 0. The molecule has 0 aliphatic rings. The number of imidazole rings is 1. The lowest BCUT2D eigenvalue weighted by Gasteiger charge is -2.13. The summed E-state index contributed by atoms with van der Waals surface area (Å²) in [4.78, 5) is 28.6. The fourth-order valence-electron chi connectivity index (χ4n) is 7.61. The van der Waals surface area contributed by atoms with E-state index in [2.05, 4.69) is 80.8 Å². The van der Waals surface area contributed by atoms with E-state index in [-0.39, 0.29) is 0 Å². The predicted molar refractivity (Wildman–Crippen MR) is 212 cm³/mol. The maximum atomic E-state index is 5.21. The molecule has 0 saturated heterocycles. The maximum absolute atomic E-state index is 5.21. The van der Waals surface area contributed by atoms with Crippen LogP contribution in [0.1, 0.15) is 0 Å². The lowest BCUT2D eigenvalue weighted by Crippen LogP contribution is -2.07. The Morgan fingerprint density at radius 1 is 0.434 bits per heavy atom. The molecule has 0 radical (unpaired) electrons. The van der Waals surface area contributed by atoms with E-state index in [1.165, 1.54) is 0 Å². The second-order valence-electron chi connectivity index (χ2n) is 13.1. The summed E-state index contributed by atoms with van der Waals surface area (Å²) in [5.74, 6) is 2.50. The molecule has 0 aliphatic heterocycles. The molecule has 0 unspecified atom stereocenters. The van der Waals surface area contributed by atoms with Crippen LogP contribution in [0.5, 0.6) is 0 Å². The number of aromatic amines is 1. The second-order valence-corrected chi connectivity index (χ2v) is 13.1. The van der Waals surface area contributed by atoms with Crippen LogP contribution in [0.4, 0.5) is 0 Å². The molecule has 0 aliphatic carbocycles. The Morgan fingerprint density at radius 3 is 1.62 bits per heavy atom. The van der Waals surface area contributed by atoms with Crippen molar-refractivity contribution in [1.29, 1.82) is 0 Å². The van der Waals surface area contributed by atoms with Gasteiger partial charge in [0.1, 0.15) is 5.69 Å². The Kier molecular flexibility index (Phi) is 6.38. The van der Waals surface area contributed by atoms with E-state index < -0.39 is 0 Å². The lowest BCUT2D eigenvalue weighted by atomic mass is 10.1. The van der Waals surface area contributed by atoms with Crippen molar-refractivity contribution < 1.29 is 0 Å². The third kappa shape index (κ3) is 4.59. The minimum Gasteiger partial charge on any atom is -0.337 e. The summed E-state index contributed by atoms with van der Waals surface area (Å²) in [6.07, 6.45) is 1.93. The van der Waals surface area contributed by atoms with E-state index in [0.29, 0.717) is 17.6 Å². The highest BCUT2D eigenvalue weighted by atomic mass is 15.2. The molecule has 0 fully saturated rings. The normalized spacial score (nSPS) is 11.8. The van der Waals surface area contributed by atoms with Gasteiger partial charge < -0.3 is 9.55 Å². The molecule has 248 valence electrons. The van der Waals surface area contributed by atoms with Crippen LogP contribution in [-0.2, 0) is 0 Å². The third-order valence-electron chi connectivity index (χ3n) is 9.99. The van der Waals surface area contributed by atoms with Gasteiger partial charge in [-0.3, -0.25) is 9.55 Å². The van der Waals surface area contributed by atoms with Crippen LogP contribution in [0.25, 0.3) is 101 Å². The average molecular weight is 681 g/mol. The lowest BCUT2D eigenvalue weighted by molar-refractivity contribution is 0.953. The number of hydrogen-bond donors (Lipinski definition) is 1. The number of hydrogen-bond acceptors (Lipinski definition) is 5. The SMILES string of the molecule is c1ccc(-c2nc(-c3ccccc3)nc(-n3c4ccccc4c4ccc5c6ccccc6n(-c6ccc(-c7nc8ccccc8[nH]7)nc6)c5c43)n2)cc1. The van der Waals surface area contributed by atoms with Crippen molar-refractivity contribution in [2.75, 3.05) is 0 Å². The number of aromatic nitrogens is 8. The van der Waals surface area contributed by atoms with Crippen LogP contribution in [-0.4, -0.2) is 39.0 Å². The molecule has 5 aromatic heterocycles. The molecule has 8 nitrogen and oxygen atoms in total. The molecule has 0 saturated carbocycles. The Balaban J connectivity index is 1.22. The van der Waals surface area contributed by atoms with Crippen LogP contribution in [0, 0.1) is 0 Å². The topological polar surface area (TPSA) is 90.1 Å². The van der Waals surface area contributed by atoms with E-state index in [0.717, 1.165) is 83.0 Å². The van der Waals surface area contributed by atoms with E-state index in [4.69, 9.17) is 24.9 Å². The van der Waals surface area contributed by atoms with Gasteiger partial charge in [-0.25, -0.2) is 9.97 Å². The molecule has 5 heterocycles. The quantitative estimate of drug-likeness (QED) is 0.195. The average Bonchev–Trinajstić information content (AvgIpc) is 3.92. The molecule has 11 rings (SSSR count). The Labute approximate surface area is 302 Å². The van der Waals surface area contributed by atoms with Crippen LogP contribution in [0.3, 0.4) is 0 Å². The summed E-state index contributed by atoms with van der Waals surface area (Å²) in [6, 6.07) is 53.9. The minimum absolute atomic E-state index is 0.548. The van der Waals surface area contributed by atoms with Gasteiger partial charge in [-0.2, -0.15) is 9.97 Å². The van der Waals surface area contributed by atoms with Gasteiger partial charge in [-0.05, 0) is 36.4 Å². The number of pyridine rings is 1. The van der Waals surface area contributed by atoms with Crippen molar-refractivity contribution in [3.63, 3.8) is 0 Å². The van der Waals surface area contributed by atoms with Gasteiger partial charge >= 0.3 is 0 Å². The Bertz CT molecular complexity index is 3070. The van der Waals surface area contributed by atoms with Gasteiger partial charge in [-0.15, -0.1) is 0 Å². The number of rotatable bonds is 5. The smallest absolute Gasteiger partial charge is 0.238 e. The summed E-state index contributed by atoms with van der Waals surface area (Å²) < 4.78 is 4.52. The van der Waals surface area contributed by atoms with Gasteiger partial charge in [0.05, 0.1) is 45.0 Å². The highest BCUT2D eigenvalue weighted by Gasteiger charge is 2.23. The monoisotopic (exact) mass is 680 g/mol. The van der Waals surface area contributed by atoms with Crippen molar-refractivity contribution in [1.82, 2.24) is 39.0 Å². The number of nitrogens with one attached hydrogen (secondary N) is 1. The summed E-state index contributed by atoms with van der Waals surface area (Å²) in [5.41, 5.74) is 9.58. The fourth-order valence-corrected chi connectivity index (χ4v) is 7.61. The number of benzene rings is 6. The zero-order valence-corrected chi connectivity index (χ0v) is 28.2. The first-order valence-electron chi connectivity index (χ1n) is 17.5. The van der Waals surface area contributed by atoms with E-state index in [1.54, 1.807) is 0 Å². The van der Waals surface area contributed by atoms with Gasteiger partial charge in [-0.1, -0.05) is 121 Å². The van der Waals surface area contributed by atoms with Crippen molar-refractivity contribution in [3.05, 3.63) is 164 Å². The Morgan fingerprint density at radius 2 is 1.00 bits per heavy atom. The fraction of sp³-hybridized carbons (Fsp3) is 0. The number of fused-ring (bicyclic) bond motifs is 8. The molecule has 6 aromatic carbocycles. The standard InChI is InChI=1S/C45H28N8/c1-3-13-28(14-4-1)42-49-43(29-15-5-2-6-16-29)51-45(50-42)53-39-22-12-8-18-32(39)34-25-24-33-31-17-7-11-21-38(31)52(40(33)41(34)53)30-23-26-37(46-27-30)44-47-35-19-9-10-20-36(35)48-44/h1-27H,(H,47,48). The van der Waals surface area contributed by atoms with Gasteiger partial charge in [0.15, 0.2) is 17.5 Å². The van der Waals surface area contributed by atoms with Gasteiger partial charge in [0.2, 0.25) is 5.95 Å². The molecule has 11 aromatic rings. The van der Waals surface area contributed by atoms with Gasteiger partial charge in [0.25, 0.3) is 0 Å². The van der Waals surface area contributed by atoms with Crippen molar-refractivity contribution in [2.45, 2.75) is 0 Å². The maximum Gasteiger partial charge on any atom is 0.238 e. The highest BCUT2D eigenvalue weighted by Crippen LogP contribution is 2.41. The van der Waals surface area contributed by atoms with Crippen molar-refractivity contribution in [2.24, 2.45) is 0 Å². The Hall–Kier alpha value is -7.45. The predicted octanol–water partition coefficient (Wildman–Crippen LogP) is 10.3. The zero-order valence-electron chi connectivity index (χ0n) is 28.2. The second kappa shape index (κ2) is 11.5. The first kappa shape index (κ1) is 29.3. The molecule has 0 bridgehead atoms. The number of H-pyrrole nitrogens is 1. The van der Waals surface area contributed by atoms with Crippen LogP contribution in [0.15, 0.2) is 164 Å². The van der Waals surface area contributed by atoms with Crippen LogP contribution < -0.4 is 0 Å². The first-order valence-corrected chi connectivity index (χ1v) is 17.5. The molecular weight excluding hydrogens is 653 g/mol. The molecule has 0 spiro atoms. The van der Waals surface area contributed by atoms with Crippen LogP contribution >= 0.6 is 0 Å². The van der Waals surface area contributed by atoms with E-state index >= 15 is 0 Å². The summed E-state index contributed by atoms with van der Waals surface area (Å²) in [5, 5.41) is 4.49. The number of nitrogens with zero attached hydrogens (tertiary/aromatic N) is 7. The number of para-hydroxylation sites is 4. The molecule has 0 amide bonds. The van der Waals surface area contributed by atoms with Crippen molar-refractivity contribution >= 4 is 54.6 Å². The van der Waals surface area contributed by atoms with E-state index in [1.807, 2.05) is 97.2 Å². The zero-order chi connectivity index (χ0) is 34.9. The molecule has 53 heavy (non-hydrogen) atoms. The summed E-state index contributed by atoms with van der Waals surface area (Å²) in [7, 11) is 0. The molecule has 8 heteroatoms. The third-order valence-corrected chi connectivity index (χ3v) is 9.99. The first-order chi connectivity index (χ1) is 26.3. The van der Waals surface area contributed by atoms with Crippen molar-refractivity contribution in [3.8, 4) is 45.9 Å². The summed E-state index contributed by atoms with van der Waals surface area (Å²) in [6.45, 7) is 0. The van der Waals surface area contributed by atoms with Gasteiger partial charge in [0, 0.05) is 32.7 Å². The minimum atomic E-state index is 0.548. The largest absolute Gasteiger partial charge is 0.337 e. The molecule has 0 atom stereocenters.